The highest BCUT2D eigenvalue weighted by Crippen LogP contribution is 2.22. The van der Waals surface area contributed by atoms with E-state index in [4.69, 9.17) is 0 Å². The van der Waals surface area contributed by atoms with Crippen LogP contribution >= 0.6 is 22.6 Å². The van der Waals surface area contributed by atoms with Crippen molar-refractivity contribution in [2.45, 2.75) is 6.54 Å². The first kappa shape index (κ1) is 15.1. The van der Waals surface area contributed by atoms with Gasteiger partial charge in [-0.15, -0.1) is 0 Å². The Morgan fingerprint density at radius 1 is 1.48 bits per heavy atom. The van der Waals surface area contributed by atoms with E-state index in [2.05, 4.69) is 4.98 Å². The van der Waals surface area contributed by atoms with Gasteiger partial charge < -0.3 is 5.11 Å². The Morgan fingerprint density at radius 2 is 2.19 bits per heavy atom. The Labute approximate surface area is 131 Å². The van der Waals surface area contributed by atoms with Crippen molar-refractivity contribution in [3.05, 3.63) is 65.9 Å². The van der Waals surface area contributed by atoms with Crippen LogP contribution in [0.3, 0.4) is 0 Å². The van der Waals surface area contributed by atoms with Crippen LogP contribution in [0, 0.1) is 13.7 Å². The molecule has 1 aromatic carbocycles. The molecule has 21 heavy (non-hydrogen) atoms. The van der Waals surface area contributed by atoms with Crippen molar-refractivity contribution in [1.29, 1.82) is 0 Å². The number of hydrogen-bond acceptors (Lipinski definition) is 5. The summed E-state index contributed by atoms with van der Waals surface area (Å²) in [5, 5.41) is 20.1. The van der Waals surface area contributed by atoms with Crippen LogP contribution in [0.2, 0.25) is 0 Å². The predicted octanol–water partition coefficient (Wildman–Crippen LogP) is 1.50. The number of carbonyl (C=O) groups is 1. The van der Waals surface area contributed by atoms with E-state index in [1.165, 1.54) is 29.2 Å². The van der Waals surface area contributed by atoms with E-state index in [1.807, 2.05) is 22.6 Å². The molecule has 0 saturated carbocycles. The van der Waals surface area contributed by atoms with E-state index in [0.717, 1.165) is 6.07 Å². The Kier molecular flexibility index (Phi) is 4.31. The molecule has 0 radical (unpaired) electrons. The molecule has 0 saturated heterocycles. The summed E-state index contributed by atoms with van der Waals surface area (Å²) in [5.74, 6) is -1.41. The highest BCUT2D eigenvalue weighted by atomic mass is 127. The number of rotatable bonds is 4. The van der Waals surface area contributed by atoms with E-state index in [9.17, 15) is 24.8 Å². The molecule has 0 bridgehead atoms. The number of benzene rings is 1. The van der Waals surface area contributed by atoms with Crippen molar-refractivity contribution in [3.8, 4) is 0 Å². The molecule has 2 rings (SSSR count). The molecule has 2 aromatic rings. The quantitative estimate of drug-likeness (QED) is 0.472. The number of carboxylic acid groups (broad SMARTS) is 1. The largest absolute Gasteiger partial charge is 0.477 e. The lowest BCUT2D eigenvalue weighted by Gasteiger charge is -2.08. The maximum absolute atomic E-state index is 11.9. The molecule has 8 nitrogen and oxygen atoms in total. The standard InChI is InChI=1S/C12H8IN3O5/c13-8-4-14-6-15(11(8)17)5-7-2-1-3-9(16(20)21)10(7)12(18)19/h1-4,6H,5H2,(H,18,19). The smallest absolute Gasteiger partial charge is 0.343 e. The van der Waals surface area contributed by atoms with Gasteiger partial charge in [0.1, 0.15) is 5.56 Å². The Morgan fingerprint density at radius 3 is 2.81 bits per heavy atom. The minimum Gasteiger partial charge on any atom is -0.477 e. The van der Waals surface area contributed by atoms with Gasteiger partial charge in [0.25, 0.3) is 11.2 Å². The van der Waals surface area contributed by atoms with Crippen LogP contribution < -0.4 is 5.56 Å². The third-order valence-electron chi connectivity index (χ3n) is 2.74. The minimum absolute atomic E-state index is 0.105. The van der Waals surface area contributed by atoms with Crippen LogP contribution in [-0.4, -0.2) is 25.6 Å². The Hall–Kier alpha value is -2.30. The summed E-state index contributed by atoms with van der Waals surface area (Å²) in [6.07, 6.45) is 2.64. The molecule has 0 atom stereocenters. The van der Waals surface area contributed by atoms with Crippen molar-refractivity contribution >= 4 is 34.2 Å². The lowest BCUT2D eigenvalue weighted by Crippen LogP contribution is -2.24. The molecule has 0 spiro atoms. The van der Waals surface area contributed by atoms with Crippen LogP contribution in [-0.2, 0) is 6.54 Å². The van der Waals surface area contributed by atoms with Gasteiger partial charge >= 0.3 is 5.97 Å². The monoisotopic (exact) mass is 401 g/mol. The fourth-order valence-corrected chi connectivity index (χ4v) is 2.31. The van der Waals surface area contributed by atoms with Crippen LogP contribution in [0.5, 0.6) is 0 Å². The number of halogens is 1. The third-order valence-corrected chi connectivity index (χ3v) is 3.48. The van der Waals surface area contributed by atoms with Gasteiger partial charge in [0.2, 0.25) is 0 Å². The van der Waals surface area contributed by atoms with E-state index in [0.29, 0.717) is 3.57 Å². The maximum Gasteiger partial charge on any atom is 0.343 e. The highest BCUT2D eigenvalue weighted by Gasteiger charge is 2.23. The summed E-state index contributed by atoms with van der Waals surface area (Å²) in [4.78, 5) is 37.2. The molecule has 0 amide bonds. The van der Waals surface area contributed by atoms with Gasteiger partial charge in [-0.2, -0.15) is 0 Å². The number of nitro groups is 1. The second-order valence-electron chi connectivity index (χ2n) is 4.05. The number of aromatic nitrogens is 2. The summed E-state index contributed by atoms with van der Waals surface area (Å²) in [6, 6.07) is 3.93. The second kappa shape index (κ2) is 5.99. The first-order valence-electron chi connectivity index (χ1n) is 5.61. The van der Waals surface area contributed by atoms with Gasteiger partial charge in [0, 0.05) is 12.3 Å². The maximum atomic E-state index is 11.9. The lowest BCUT2D eigenvalue weighted by molar-refractivity contribution is -0.385. The first-order chi connectivity index (χ1) is 9.91. The molecule has 0 aliphatic carbocycles. The van der Waals surface area contributed by atoms with Gasteiger partial charge in [0.15, 0.2) is 0 Å². The third kappa shape index (κ3) is 3.07. The van der Waals surface area contributed by atoms with E-state index >= 15 is 0 Å². The summed E-state index contributed by atoms with van der Waals surface area (Å²) >= 11 is 1.81. The zero-order valence-electron chi connectivity index (χ0n) is 10.4. The number of aromatic carboxylic acids is 1. The average molecular weight is 401 g/mol. The summed E-state index contributed by atoms with van der Waals surface area (Å²) in [6.45, 7) is -0.105. The Balaban J connectivity index is 2.57. The zero-order valence-corrected chi connectivity index (χ0v) is 12.6. The molecule has 9 heteroatoms. The van der Waals surface area contributed by atoms with Crippen molar-refractivity contribution in [3.63, 3.8) is 0 Å². The molecule has 0 aliphatic heterocycles. The molecule has 1 heterocycles. The van der Waals surface area contributed by atoms with Crippen LogP contribution in [0.4, 0.5) is 5.69 Å². The number of nitro benzene ring substituents is 1. The molecular weight excluding hydrogens is 393 g/mol. The summed E-state index contributed by atoms with van der Waals surface area (Å²) in [5.41, 5.74) is -1.10. The predicted molar refractivity (Wildman–Crippen MR) is 80.4 cm³/mol. The second-order valence-corrected chi connectivity index (χ2v) is 5.21. The van der Waals surface area contributed by atoms with Gasteiger partial charge in [-0.3, -0.25) is 19.5 Å². The molecule has 1 aromatic heterocycles. The Bertz CT molecular complexity index is 787. The average Bonchev–Trinajstić information content (AvgIpc) is 2.43. The number of nitrogens with zero attached hydrogens (tertiary/aromatic N) is 3. The molecule has 108 valence electrons. The van der Waals surface area contributed by atoms with Gasteiger partial charge in [-0.1, -0.05) is 12.1 Å². The van der Waals surface area contributed by atoms with Crippen molar-refractivity contribution < 1.29 is 14.8 Å². The van der Waals surface area contributed by atoms with Gasteiger partial charge in [-0.25, -0.2) is 9.78 Å². The number of carboxylic acids is 1. The summed E-state index contributed by atoms with van der Waals surface area (Å²) < 4.78 is 1.57. The molecular formula is C12H8IN3O5. The fourth-order valence-electron chi connectivity index (χ4n) is 1.84. The van der Waals surface area contributed by atoms with Crippen molar-refractivity contribution in [1.82, 2.24) is 9.55 Å². The molecule has 0 aliphatic rings. The lowest BCUT2D eigenvalue weighted by atomic mass is 10.1. The van der Waals surface area contributed by atoms with Gasteiger partial charge in [-0.05, 0) is 28.2 Å². The molecule has 0 fully saturated rings. The zero-order chi connectivity index (χ0) is 15.6. The van der Waals surface area contributed by atoms with E-state index in [-0.39, 0.29) is 17.7 Å². The highest BCUT2D eigenvalue weighted by molar-refractivity contribution is 14.1. The van der Waals surface area contributed by atoms with E-state index < -0.39 is 22.1 Å². The van der Waals surface area contributed by atoms with Crippen LogP contribution in [0.1, 0.15) is 15.9 Å². The normalized spacial score (nSPS) is 10.3. The van der Waals surface area contributed by atoms with Gasteiger partial charge in [0.05, 0.1) is 21.4 Å². The van der Waals surface area contributed by atoms with Crippen LogP contribution in [0.25, 0.3) is 0 Å². The fraction of sp³-hybridized carbons (Fsp3) is 0.0833. The molecule has 0 unspecified atom stereocenters. The van der Waals surface area contributed by atoms with Crippen LogP contribution in [0.15, 0.2) is 35.5 Å². The molecule has 1 N–H and O–H groups in total. The van der Waals surface area contributed by atoms with E-state index in [1.54, 1.807) is 0 Å². The van der Waals surface area contributed by atoms with Crippen molar-refractivity contribution in [2.24, 2.45) is 0 Å². The topological polar surface area (TPSA) is 115 Å². The van der Waals surface area contributed by atoms with Crippen molar-refractivity contribution in [2.75, 3.05) is 0 Å². The summed E-state index contributed by atoms with van der Waals surface area (Å²) in [7, 11) is 0. The number of hydrogen-bond donors (Lipinski definition) is 1. The first-order valence-corrected chi connectivity index (χ1v) is 6.69. The SMILES string of the molecule is O=C(O)c1c(Cn2cncc(I)c2=O)cccc1[N+](=O)[O-]. The minimum atomic E-state index is -1.41.